The number of aliphatic hydroxyl groups excluding tert-OH is 1. The normalized spacial score (nSPS) is 30.3. The summed E-state index contributed by atoms with van der Waals surface area (Å²) in [4.78, 5) is 24.1. The molecule has 2 aliphatic heterocycles. The van der Waals surface area contributed by atoms with Crippen LogP contribution in [0.4, 0.5) is 4.79 Å². The lowest BCUT2D eigenvalue weighted by Gasteiger charge is -2.30. The van der Waals surface area contributed by atoms with Gasteiger partial charge in [0.05, 0.1) is 18.7 Å². The monoisotopic (exact) mass is 265 g/mol. The molecule has 0 bridgehead atoms. The third-order valence-corrected chi connectivity index (χ3v) is 3.41. The molecule has 5 heteroatoms. The van der Waals surface area contributed by atoms with Gasteiger partial charge in [-0.3, -0.25) is 4.90 Å². The highest BCUT2D eigenvalue weighted by atomic mass is 16.6. The largest absolute Gasteiger partial charge is 0.439 e. The van der Waals surface area contributed by atoms with E-state index in [9.17, 15) is 14.7 Å². The Morgan fingerprint density at radius 3 is 3.05 bits per heavy atom. The third kappa shape index (κ3) is 3.04. The molecule has 19 heavy (non-hydrogen) atoms. The molecule has 104 valence electrons. The molecule has 5 nitrogen and oxygen atoms in total. The lowest BCUT2D eigenvalue weighted by molar-refractivity contribution is -0.116. The second-order valence-corrected chi connectivity index (χ2v) is 5.09. The summed E-state index contributed by atoms with van der Waals surface area (Å²) in [7, 11) is 0. The zero-order valence-corrected chi connectivity index (χ0v) is 11.2. The van der Waals surface area contributed by atoms with Gasteiger partial charge in [-0.05, 0) is 31.9 Å². The van der Waals surface area contributed by atoms with Crippen LogP contribution in [0.15, 0.2) is 23.8 Å². The number of amides is 1. The molecule has 0 unspecified atom stereocenters. The Morgan fingerprint density at radius 2 is 2.37 bits per heavy atom. The molecular formula is C14H19NO4. The molecule has 3 atom stereocenters. The summed E-state index contributed by atoms with van der Waals surface area (Å²) in [6, 6.07) is -0.135. The van der Waals surface area contributed by atoms with E-state index in [1.807, 2.05) is 19.1 Å². The van der Waals surface area contributed by atoms with Gasteiger partial charge in [0, 0.05) is 6.42 Å². The van der Waals surface area contributed by atoms with Gasteiger partial charge < -0.3 is 14.6 Å². The SMILES string of the molecule is CC(=O)CC/C=C/[C@H]1OC(=O)N2C[C@H](O)C=C(C)[C@@H]12. The quantitative estimate of drug-likeness (QED) is 0.781. The van der Waals surface area contributed by atoms with E-state index in [0.29, 0.717) is 12.8 Å². The fourth-order valence-electron chi connectivity index (χ4n) is 2.55. The molecule has 0 saturated carbocycles. The topological polar surface area (TPSA) is 66.8 Å². The number of Topliss-reactive ketones (excluding diaryl/α,β-unsaturated/α-hetero) is 1. The van der Waals surface area contributed by atoms with Gasteiger partial charge in [-0.25, -0.2) is 4.79 Å². The first-order chi connectivity index (χ1) is 8.99. The van der Waals surface area contributed by atoms with Crippen LogP contribution >= 0.6 is 0 Å². The zero-order valence-electron chi connectivity index (χ0n) is 11.2. The van der Waals surface area contributed by atoms with E-state index in [2.05, 4.69) is 0 Å². The van der Waals surface area contributed by atoms with Crippen LogP contribution in [-0.2, 0) is 9.53 Å². The van der Waals surface area contributed by atoms with E-state index in [1.54, 1.807) is 17.9 Å². The molecule has 0 aliphatic carbocycles. The van der Waals surface area contributed by atoms with Crippen LogP contribution < -0.4 is 0 Å². The minimum absolute atomic E-state index is 0.135. The van der Waals surface area contributed by atoms with Crippen LogP contribution in [-0.4, -0.2) is 46.7 Å². The van der Waals surface area contributed by atoms with Gasteiger partial charge in [0.1, 0.15) is 11.9 Å². The third-order valence-electron chi connectivity index (χ3n) is 3.41. The van der Waals surface area contributed by atoms with Gasteiger partial charge in [-0.1, -0.05) is 12.2 Å². The number of aliphatic hydroxyl groups is 1. The lowest BCUT2D eigenvalue weighted by atomic mass is 9.96. The Morgan fingerprint density at radius 1 is 1.63 bits per heavy atom. The molecule has 2 heterocycles. The fraction of sp³-hybridized carbons (Fsp3) is 0.571. The number of ether oxygens (including phenoxy) is 1. The standard InChI is InChI=1S/C14H19NO4/c1-9-7-11(17)8-15-13(9)12(19-14(15)18)6-4-3-5-10(2)16/h4,6-7,11-13,17H,3,5,8H2,1-2H3/b6-4+/t11-,12-,13+/m1/s1. The van der Waals surface area contributed by atoms with Crippen LogP contribution in [0.5, 0.6) is 0 Å². The Hall–Kier alpha value is -1.62. The van der Waals surface area contributed by atoms with Crippen molar-refractivity contribution >= 4 is 11.9 Å². The molecule has 0 aromatic rings. The minimum Gasteiger partial charge on any atom is -0.439 e. The molecule has 1 saturated heterocycles. The van der Waals surface area contributed by atoms with E-state index in [-0.39, 0.29) is 24.5 Å². The number of allylic oxidation sites excluding steroid dienone is 1. The smallest absolute Gasteiger partial charge is 0.411 e. The maximum atomic E-state index is 11.7. The molecule has 2 rings (SSSR count). The fourth-order valence-corrected chi connectivity index (χ4v) is 2.55. The summed E-state index contributed by atoms with van der Waals surface area (Å²) >= 11 is 0. The summed E-state index contributed by atoms with van der Waals surface area (Å²) in [5.41, 5.74) is 0.936. The van der Waals surface area contributed by atoms with Gasteiger partial charge in [0.2, 0.25) is 0 Å². The number of cyclic esters (lactones) is 1. The number of nitrogens with zero attached hydrogens (tertiary/aromatic N) is 1. The van der Waals surface area contributed by atoms with Crippen molar-refractivity contribution in [1.29, 1.82) is 0 Å². The van der Waals surface area contributed by atoms with Gasteiger partial charge in [-0.15, -0.1) is 0 Å². The van der Waals surface area contributed by atoms with E-state index >= 15 is 0 Å². The number of rotatable bonds is 4. The summed E-state index contributed by atoms with van der Waals surface area (Å²) in [5.74, 6) is 0.145. The Kier molecular flexibility index (Phi) is 4.04. The van der Waals surface area contributed by atoms with Crippen molar-refractivity contribution < 1.29 is 19.4 Å². The zero-order chi connectivity index (χ0) is 14.0. The van der Waals surface area contributed by atoms with E-state index in [4.69, 9.17) is 4.74 Å². The van der Waals surface area contributed by atoms with Crippen LogP contribution in [0.1, 0.15) is 26.7 Å². The van der Waals surface area contributed by atoms with Gasteiger partial charge in [0.25, 0.3) is 0 Å². The number of carbonyl (C=O) groups is 2. The van der Waals surface area contributed by atoms with Crippen LogP contribution in [0.25, 0.3) is 0 Å². The molecule has 1 amide bonds. The molecular weight excluding hydrogens is 246 g/mol. The number of hydrogen-bond donors (Lipinski definition) is 1. The van der Waals surface area contributed by atoms with Crippen LogP contribution in [0, 0.1) is 0 Å². The van der Waals surface area contributed by atoms with Crippen molar-refractivity contribution in [2.75, 3.05) is 6.54 Å². The first kappa shape index (κ1) is 13.8. The molecule has 0 aromatic heterocycles. The first-order valence-corrected chi connectivity index (χ1v) is 6.49. The highest BCUT2D eigenvalue weighted by Crippen LogP contribution is 2.30. The second-order valence-electron chi connectivity index (χ2n) is 5.09. The van der Waals surface area contributed by atoms with Crippen molar-refractivity contribution in [1.82, 2.24) is 4.90 Å². The summed E-state index contributed by atoms with van der Waals surface area (Å²) in [6.07, 6.45) is 5.28. The summed E-state index contributed by atoms with van der Waals surface area (Å²) in [5, 5.41) is 9.62. The summed E-state index contributed by atoms with van der Waals surface area (Å²) in [6.45, 7) is 3.72. The van der Waals surface area contributed by atoms with Crippen molar-refractivity contribution in [3.05, 3.63) is 23.8 Å². The van der Waals surface area contributed by atoms with E-state index < -0.39 is 12.2 Å². The van der Waals surface area contributed by atoms with E-state index in [1.165, 1.54) is 0 Å². The number of ketones is 1. The molecule has 1 fully saturated rings. The molecule has 1 N–H and O–H groups in total. The first-order valence-electron chi connectivity index (χ1n) is 6.49. The predicted molar refractivity (Wildman–Crippen MR) is 69.6 cm³/mol. The predicted octanol–water partition coefficient (Wildman–Crippen LogP) is 1.42. The highest BCUT2D eigenvalue weighted by Gasteiger charge is 2.43. The van der Waals surface area contributed by atoms with Gasteiger partial charge in [-0.2, -0.15) is 0 Å². The number of carbonyl (C=O) groups excluding carboxylic acids is 2. The highest BCUT2D eigenvalue weighted by molar-refractivity contribution is 5.75. The average molecular weight is 265 g/mol. The molecule has 0 spiro atoms. The maximum Gasteiger partial charge on any atom is 0.411 e. The molecule has 0 aromatic carbocycles. The van der Waals surface area contributed by atoms with Crippen molar-refractivity contribution in [2.45, 2.75) is 44.9 Å². The average Bonchev–Trinajstić information content (AvgIpc) is 2.62. The van der Waals surface area contributed by atoms with Crippen molar-refractivity contribution in [3.63, 3.8) is 0 Å². The van der Waals surface area contributed by atoms with Crippen molar-refractivity contribution in [3.8, 4) is 0 Å². The maximum absolute atomic E-state index is 11.7. The van der Waals surface area contributed by atoms with Crippen molar-refractivity contribution in [2.24, 2.45) is 0 Å². The van der Waals surface area contributed by atoms with Gasteiger partial charge in [0.15, 0.2) is 0 Å². The number of hydrogen-bond acceptors (Lipinski definition) is 4. The molecule has 2 aliphatic rings. The summed E-state index contributed by atoms with van der Waals surface area (Å²) < 4.78 is 5.30. The minimum atomic E-state index is -0.621. The Labute approximate surface area is 112 Å². The molecule has 0 radical (unpaired) electrons. The second kappa shape index (κ2) is 5.57. The van der Waals surface area contributed by atoms with Crippen LogP contribution in [0.2, 0.25) is 0 Å². The van der Waals surface area contributed by atoms with E-state index in [0.717, 1.165) is 5.57 Å². The lowest BCUT2D eigenvalue weighted by Crippen LogP contribution is -2.45. The van der Waals surface area contributed by atoms with Crippen LogP contribution in [0.3, 0.4) is 0 Å². The number of fused-ring (bicyclic) bond motifs is 1. The Balaban J connectivity index is 2.04. The Bertz CT molecular complexity index is 441. The van der Waals surface area contributed by atoms with Gasteiger partial charge >= 0.3 is 6.09 Å².